The Morgan fingerprint density at radius 2 is 1.70 bits per heavy atom. The van der Waals surface area contributed by atoms with E-state index in [1.807, 2.05) is 32.0 Å². The van der Waals surface area contributed by atoms with Gasteiger partial charge in [0, 0.05) is 6.54 Å². The molecule has 0 saturated heterocycles. The molecule has 2 aromatic rings. The first-order valence-corrected chi connectivity index (χ1v) is 7.99. The van der Waals surface area contributed by atoms with Gasteiger partial charge in [0.1, 0.15) is 5.75 Å². The Kier molecular flexibility index (Phi) is 5.80. The van der Waals surface area contributed by atoms with Crippen molar-refractivity contribution in [2.45, 2.75) is 33.6 Å². The molecule has 0 aliphatic rings. The summed E-state index contributed by atoms with van der Waals surface area (Å²) in [5, 5.41) is 2.94. The third-order valence-electron chi connectivity index (χ3n) is 3.93. The Balaban J connectivity index is 1.84. The number of carbonyl (C=O) groups is 1. The maximum absolute atomic E-state index is 12.0. The molecule has 3 heteroatoms. The second kappa shape index (κ2) is 7.82. The molecule has 122 valence electrons. The number of ether oxygens (including phenoxy) is 1. The lowest BCUT2D eigenvalue weighted by Crippen LogP contribution is -2.32. The van der Waals surface area contributed by atoms with Gasteiger partial charge in [0.15, 0.2) is 6.61 Å². The van der Waals surface area contributed by atoms with Gasteiger partial charge in [-0.05, 0) is 43.4 Å². The van der Waals surface area contributed by atoms with Crippen LogP contribution in [-0.4, -0.2) is 19.1 Å². The highest BCUT2D eigenvalue weighted by atomic mass is 16.5. The molecular formula is C20H25NO2. The molecule has 0 fully saturated rings. The molecule has 0 radical (unpaired) electrons. The van der Waals surface area contributed by atoms with Crippen LogP contribution in [0.15, 0.2) is 42.5 Å². The fourth-order valence-electron chi connectivity index (χ4n) is 2.75. The highest BCUT2D eigenvalue weighted by molar-refractivity contribution is 5.77. The van der Waals surface area contributed by atoms with Crippen LogP contribution in [0.2, 0.25) is 0 Å². The highest BCUT2D eigenvalue weighted by Crippen LogP contribution is 2.24. The number of hydrogen-bond acceptors (Lipinski definition) is 2. The van der Waals surface area contributed by atoms with Crippen LogP contribution >= 0.6 is 0 Å². The van der Waals surface area contributed by atoms with Gasteiger partial charge in [0.05, 0.1) is 0 Å². The number of carbonyl (C=O) groups excluding carboxylic acids is 1. The van der Waals surface area contributed by atoms with Crippen molar-refractivity contribution in [1.29, 1.82) is 0 Å². The summed E-state index contributed by atoms with van der Waals surface area (Å²) in [6.45, 7) is 8.83. The first-order valence-electron chi connectivity index (χ1n) is 7.99. The Hall–Kier alpha value is -2.29. The van der Waals surface area contributed by atoms with Gasteiger partial charge in [-0.15, -0.1) is 0 Å². The predicted octanol–water partition coefficient (Wildman–Crippen LogP) is 3.91. The van der Waals surface area contributed by atoms with Crippen molar-refractivity contribution >= 4 is 5.91 Å². The average Bonchev–Trinajstić information content (AvgIpc) is 2.52. The van der Waals surface area contributed by atoms with E-state index in [-0.39, 0.29) is 18.4 Å². The summed E-state index contributed by atoms with van der Waals surface area (Å²) in [4.78, 5) is 12.0. The number of aryl methyl sites for hydroxylation is 3. The zero-order valence-electron chi connectivity index (χ0n) is 14.3. The van der Waals surface area contributed by atoms with Crippen molar-refractivity contribution in [2.24, 2.45) is 0 Å². The van der Waals surface area contributed by atoms with E-state index in [4.69, 9.17) is 4.74 Å². The molecule has 23 heavy (non-hydrogen) atoms. The summed E-state index contributed by atoms with van der Waals surface area (Å²) in [5.41, 5.74) is 4.55. The largest absolute Gasteiger partial charge is 0.483 e. The number of hydrogen-bond donors (Lipinski definition) is 1. The van der Waals surface area contributed by atoms with Gasteiger partial charge in [-0.25, -0.2) is 0 Å². The van der Waals surface area contributed by atoms with Gasteiger partial charge in [-0.2, -0.15) is 0 Å². The maximum atomic E-state index is 12.0. The molecule has 2 rings (SSSR count). The SMILES string of the molecule is Cc1cc(C)c(OCC(=O)NC[C@H](C)c2ccccc2)c(C)c1. The Bertz CT molecular complexity index is 642. The van der Waals surface area contributed by atoms with Crippen LogP contribution in [0.1, 0.15) is 35.1 Å². The Labute approximate surface area is 138 Å². The molecule has 1 amide bonds. The third kappa shape index (κ3) is 4.85. The quantitative estimate of drug-likeness (QED) is 0.878. The predicted molar refractivity (Wildman–Crippen MR) is 94.0 cm³/mol. The standard InChI is InChI=1S/C20H25NO2/c1-14-10-15(2)20(16(3)11-14)23-13-19(22)21-12-17(4)18-8-6-5-7-9-18/h5-11,17H,12-13H2,1-4H3,(H,21,22)/t17-/m0/s1. The van der Waals surface area contributed by atoms with Crippen molar-refractivity contribution in [2.75, 3.05) is 13.2 Å². The third-order valence-corrected chi connectivity index (χ3v) is 3.93. The molecule has 0 aromatic heterocycles. The summed E-state index contributed by atoms with van der Waals surface area (Å²) in [7, 11) is 0. The van der Waals surface area contributed by atoms with Crippen LogP contribution < -0.4 is 10.1 Å². The lowest BCUT2D eigenvalue weighted by molar-refractivity contribution is -0.123. The zero-order chi connectivity index (χ0) is 16.8. The molecule has 0 bridgehead atoms. The van der Waals surface area contributed by atoms with Crippen LogP contribution in [0.5, 0.6) is 5.75 Å². The maximum Gasteiger partial charge on any atom is 0.257 e. The molecule has 0 spiro atoms. The van der Waals surface area contributed by atoms with Gasteiger partial charge in [0.2, 0.25) is 0 Å². The number of benzene rings is 2. The van der Waals surface area contributed by atoms with E-state index >= 15 is 0 Å². The highest BCUT2D eigenvalue weighted by Gasteiger charge is 2.10. The fraction of sp³-hybridized carbons (Fsp3) is 0.350. The van der Waals surface area contributed by atoms with Gasteiger partial charge in [-0.3, -0.25) is 4.79 Å². The molecule has 0 heterocycles. The van der Waals surface area contributed by atoms with E-state index in [9.17, 15) is 4.79 Å². The number of amides is 1. The first kappa shape index (κ1) is 17.1. The smallest absolute Gasteiger partial charge is 0.257 e. The van der Waals surface area contributed by atoms with Crippen LogP contribution in [0.3, 0.4) is 0 Å². The first-order chi connectivity index (χ1) is 11.0. The lowest BCUT2D eigenvalue weighted by Gasteiger charge is -2.15. The summed E-state index contributed by atoms with van der Waals surface area (Å²) in [6, 6.07) is 14.3. The minimum atomic E-state index is -0.0906. The van der Waals surface area contributed by atoms with Crippen molar-refractivity contribution in [1.82, 2.24) is 5.32 Å². The molecule has 1 N–H and O–H groups in total. The van der Waals surface area contributed by atoms with E-state index in [0.29, 0.717) is 6.54 Å². The molecule has 0 saturated carbocycles. The van der Waals surface area contributed by atoms with Crippen LogP contribution in [0.25, 0.3) is 0 Å². The zero-order valence-corrected chi connectivity index (χ0v) is 14.3. The van der Waals surface area contributed by atoms with Crippen LogP contribution in [0.4, 0.5) is 0 Å². The monoisotopic (exact) mass is 311 g/mol. The summed E-state index contributed by atoms with van der Waals surface area (Å²) in [6.07, 6.45) is 0. The molecular weight excluding hydrogens is 286 g/mol. The number of rotatable bonds is 6. The molecule has 0 aliphatic heterocycles. The molecule has 0 aliphatic carbocycles. The van der Waals surface area contributed by atoms with Crippen LogP contribution in [0, 0.1) is 20.8 Å². The van der Waals surface area contributed by atoms with Gasteiger partial charge < -0.3 is 10.1 Å². The van der Waals surface area contributed by atoms with Gasteiger partial charge in [-0.1, -0.05) is 55.0 Å². The van der Waals surface area contributed by atoms with E-state index in [2.05, 4.69) is 43.4 Å². The molecule has 2 aromatic carbocycles. The van der Waals surface area contributed by atoms with Crippen molar-refractivity contribution in [3.05, 3.63) is 64.7 Å². The number of nitrogens with one attached hydrogen (secondary N) is 1. The minimum absolute atomic E-state index is 0.0479. The fourth-order valence-corrected chi connectivity index (χ4v) is 2.75. The average molecular weight is 311 g/mol. The molecule has 3 nitrogen and oxygen atoms in total. The molecule has 1 atom stereocenters. The normalized spacial score (nSPS) is 11.8. The van der Waals surface area contributed by atoms with E-state index in [1.165, 1.54) is 11.1 Å². The second-order valence-electron chi connectivity index (χ2n) is 6.13. The van der Waals surface area contributed by atoms with Crippen LogP contribution in [-0.2, 0) is 4.79 Å². The Morgan fingerprint density at radius 3 is 2.30 bits per heavy atom. The summed E-state index contributed by atoms with van der Waals surface area (Å²) in [5.74, 6) is 0.997. The summed E-state index contributed by atoms with van der Waals surface area (Å²) >= 11 is 0. The van der Waals surface area contributed by atoms with Gasteiger partial charge in [0.25, 0.3) is 5.91 Å². The lowest BCUT2D eigenvalue weighted by atomic mass is 10.0. The van der Waals surface area contributed by atoms with Crippen molar-refractivity contribution in [3.8, 4) is 5.75 Å². The topological polar surface area (TPSA) is 38.3 Å². The van der Waals surface area contributed by atoms with E-state index in [1.54, 1.807) is 0 Å². The second-order valence-corrected chi connectivity index (χ2v) is 6.13. The van der Waals surface area contributed by atoms with E-state index < -0.39 is 0 Å². The van der Waals surface area contributed by atoms with E-state index in [0.717, 1.165) is 16.9 Å². The van der Waals surface area contributed by atoms with Crippen molar-refractivity contribution < 1.29 is 9.53 Å². The molecule has 0 unspecified atom stereocenters. The van der Waals surface area contributed by atoms with Gasteiger partial charge >= 0.3 is 0 Å². The minimum Gasteiger partial charge on any atom is -0.483 e. The Morgan fingerprint density at radius 1 is 1.09 bits per heavy atom. The van der Waals surface area contributed by atoms with Crippen molar-refractivity contribution in [3.63, 3.8) is 0 Å². The summed E-state index contributed by atoms with van der Waals surface area (Å²) < 4.78 is 5.71.